The molecular formula is C28H31N4O7+. The summed E-state index contributed by atoms with van der Waals surface area (Å²) in [6.07, 6.45) is 1.20. The lowest BCUT2D eigenvalue weighted by molar-refractivity contribution is -0.645. The predicted molar refractivity (Wildman–Crippen MR) is 141 cm³/mol. The molecule has 11 heteroatoms. The Morgan fingerprint density at radius 3 is 2.26 bits per heavy atom. The third kappa shape index (κ3) is 6.39. The average Bonchev–Trinajstić information content (AvgIpc) is 3.17. The summed E-state index contributed by atoms with van der Waals surface area (Å²) in [7, 11) is 5.01. The second-order valence-corrected chi connectivity index (χ2v) is 9.08. The van der Waals surface area contributed by atoms with Gasteiger partial charge in [-0.05, 0) is 24.3 Å². The molecule has 4 rings (SSSR count). The van der Waals surface area contributed by atoms with E-state index in [1.54, 1.807) is 67.3 Å². The first kappa shape index (κ1) is 27.7. The summed E-state index contributed by atoms with van der Waals surface area (Å²) in [6.45, 7) is 1.51. The van der Waals surface area contributed by atoms with Crippen molar-refractivity contribution in [1.29, 1.82) is 0 Å². The maximum atomic E-state index is 12.7. The Morgan fingerprint density at radius 1 is 0.923 bits per heavy atom. The highest BCUT2D eigenvalue weighted by Gasteiger charge is 2.34. The van der Waals surface area contributed by atoms with Crippen LogP contribution in [0.4, 0.5) is 4.79 Å². The monoisotopic (exact) mass is 535 g/mol. The number of nitrogens with one attached hydrogen (secondary N) is 1. The second-order valence-electron chi connectivity index (χ2n) is 9.08. The Labute approximate surface area is 225 Å². The van der Waals surface area contributed by atoms with E-state index in [0.29, 0.717) is 34.4 Å². The number of amides is 4. The van der Waals surface area contributed by atoms with Crippen molar-refractivity contribution in [3.05, 3.63) is 71.4 Å². The van der Waals surface area contributed by atoms with E-state index in [9.17, 15) is 19.2 Å². The van der Waals surface area contributed by atoms with Gasteiger partial charge in [-0.1, -0.05) is 18.2 Å². The van der Waals surface area contributed by atoms with Crippen molar-refractivity contribution in [1.82, 2.24) is 15.1 Å². The van der Waals surface area contributed by atoms with Gasteiger partial charge in [0.1, 0.15) is 18.4 Å². The number of hydrogen-bond acceptors (Lipinski definition) is 7. The number of fused-ring (bicyclic) bond motifs is 2. The van der Waals surface area contributed by atoms with E-state index in [0.717, 1.165) is 5.52 Å². The quantitative estimate of drug-likeness (QED) is 0.226. The van der Waals surface area contributed by atoms with E-state index < -0.39 is 6.09 Å². The molecule has 204 valence electrons. The Hall–Kier alpha value is -4.35. The zero-order valence-electron chi connectivity index (χ0n) is 22.1. The summed E-state index contributed by atoms with van der Waals surface area (Å²) in [5, 5.41) is 3.45. The fraction of sp³-hybridized carbons (Fsp3) is 0.321. The van der Waals surface area contributed by atoms with Crippen LogP contribution in [0.3, 0.4) is 0 Å². The third-order valence-electron chi connectivity index (χ3n) is 6.12. The van der Waals surface area contributed by atoms with Crippen LogP contribution in [0, 0.1) is 0 Å². The number of carbonyl (C=O) groups excluding carboxylic acids is 4. The lowest BCUT2D eigenvalue weighted by Gasteiger charge is -2.14. The summed E-state index contributed by atoms with van der Waals surface area (Å²) in [4.78, 5) is 52.0. The van der Waals surface area contributed by atoms with Crippen LogP contribution in [0.15, 0.2) is 54.7 Å². The van der Waals surface area contributed by atoms with Crippen LogP contribution in [0.5, 0.6) is 5.75 Å². The number of nitrogens with zero attached hydrogens (tertiary/aromatic N) is 3. The van der Waals surface area contributed by atoms with Gasteiger partial charge >= 0.3 is 6.09 Å². The van der Waals surface area contributed by atoms with Gasteiger partial charge in [0.25, 0.3) is 17.7 Å². The molecule has 2 aromatic carbocycles. The smallest absolute Gasteiger partial charge is 0.409 e. The van der Waals surface area contributed by atoms with E-state index in [-0.39, 0.29) is 50.6 Å². The standard InChI is InChI=1S/C28H30N4O7/c1-30(2)28(36)39-24-10-6-9-23-22(24)17-19(18-31(23)3)25(33)29-11-13-37-15-16-38-14-12-32-26(34)20-7-4-5-8-21(20)27(32)35/h4-10,17-18H,11-16H2,1-3H3/p+1. The fourth-order valence-electron chi connectivity index (χ4n) is 4.11. The van der Waals surface area contributed by atoms with E-state index in [2.05, 4.69) is 5.32 Å². The van der Waals surface area contributed by atoms with Crippen LogP contribution in [-0.4, -0.2) is 87.2 Å². The Balaban J connectivity index is 1.17. The topological polar surface area (TPSA) is 118 Å². The second kappa shape index (κ2) is 12.5. The number of pyridine rings is 1. The first-order valence-electron chi connectivity index (χ1n) is 12.5. The number of rotatable bonds is 11. The Bertz CT molecular complexity index is 1370. The molecule has 0 bridgehead atoms. The van der Waals surface area contributed by atoms with E-state index in [1.807, 2.05) is 13.1 Å². The van der Waals surface area contributed by atoms with Crippen molar-refractivity contribution in [3.8, 4) is 5.75 Å². The molecule has 3 aromatic rings. The molecule has 0 saturated carbocycles. The van der Waals surface area contributed by atoms with Crippen LogP contribution < -0.4 is 14.6 Å². The molecule has 0 aliphatic carbocycles. The van der Waals surface area contributed by atoms with Gasteiger partial charge in [-0.25, -0.2) is 9.36 Å². The lowest BCUT2D eigenvalue weighted by Crippen LogP contribution is -2.34. The number of carbonyl (C=O) groups is 4. The molecule has 0 spiro atoms. The van der Waals surface area contributed by atoms with Crippen molar-refractivity contribution >= 4 is 34.7 Å². The number of imide groups is 1. The molecule has 1 N–H and O–H groups in total. The van der Waals surface area contributed by atoms with Gasteiger partial charge in [-0.15, -0.1) is 0 Å². The molecule has 0 atom stereocenters. The highest BCUT2D eigenvalue weighted by molar-refractivity contribution is 6.21. The van der Waals surface area contributed by atoms with E-state index >= 15 is 0 Å². The molecule has 0 radical (unpaired) electrons. The zero-order chi connectivity index (χ0) is 27.9. The fourth-order valence-corrected chi connectivity index (χ4v) is 4.11. The maximum Gasteiger partial charge on any atom is 0.414 e. The molecule has 0 saturated heterocycles. The van der Waals surface area contributed by atoms with E-state index in [4.69, 9.17) is 14.2 Å². The molecule has 1 aliphatic heterocycles. The van der Waals surface area contributed by atoms with E-state index in [1.165, 1.54) is 9.80 Å². The van der Waals surface area contributed by atoms with Crippen LogP contribution >= 0.6 is 0 Å². The lowest BCUT2D eigenvalue weighted by atomic mass is 10.1. The van der Waals surface area contributed by atoms with Crippen molar-refractivity contribution in [3.63, 3.8) is 0 Å². The van der Waals surface area contributed by atoms with Gasteiger partial charge in [-0.3, -0.25) is 19.3 Å². The Kier molecular flexibility index (Phi) is 8.84. The molecule has 0 fully saturated rings. The Morgan fingerprint density at radius 2 is 1.59 bits per heavy atom. The SMILES string of the molecule is CN(C)C(=O)Oc1cccc2c1cc(C(=O)NCCOCCOCCN1C(=O)c3ccccc3C1=O)c[n+]2C. The minimum absolute atomic E-state index is 0.168. The minimum Gasteiger partial charge on any atom is -0.409 e. The molecule has 1 aliphatic rings. The van der Waals surface area contributed by atoms with Crippen LogP contribution in [0.25, 0.3) is 10.9 Å². The number of aromatic nitrogens is 1. The highest BCUT2D eigenvalue weighted by Crippen LogP contribution is 2.25. The summed E-state index contributed by atoms with van der Waals surface area (Å²) in [6, 6.07) is 13.8. The number of hydrogen-bond donors (Lipinski definition) is 1. The summed E-state index contributed by atoms with van der Waals surface area (Å²) in [5.41, 5.74) is 2.05. The highest BCUT2D eigenvalue weighted by atomic mass is 16.6. The van der Waals surface area contributed by atoms with Crippen molar-refractivity contribution in [2.75, 3.05) is 53.6 Å². The number of ether oxygens (including phenoxy) is 3. The number of benzene rings is 2. The summed E-state index contributed by atoms with van der Waals surface area (Å²) >= 11 is 0. The predicted octanol–water partition coefficient (Wildman–Crippen LogP) is 1.78. The molecule has 1 aromatic heterocycles. The first-order chi connectivity index (χ1) is 18.8. The molecule has 11 nitrogen and oxygen atoms in total. The van der Waals surface area contributed by atoms with Gasteiger partial charge in [0.05, 0.1) is 49.5 Å². The number of aryl methyl sites for hydroxylation is 1. The van der Waals surface area contributed by atoms with Crippen molar-refractivity contribution in [2.24, 2.45) is 7.05 Å². The molecule has 39 heavy (non-hydrogen) atoms. The zero-order valence-corrected chi connectivity index (χ0v) is 22.1. The van der Waals surface area contributed by atoms with Crippen LogP contribution in [0.2, 0.25) is 0 Å². The summed E-state index contributed by atoms with van der Waals surface area (Å²) in [5.74, 6) is -0.543. The van der Waals surface area contributed by atoms with Crippen molar-refractivity contribution < 1.29 is 38.0 Å². The van der Waals surface area contributed by atoms with Crippen LogP contribution in [-0.2, 0) is 16.5 Å². The van der Waals surface area contributed by atoms with Gasteiger partial charge in [0.15, 0.2) is 6.20 Å². The maximum absolute atomic E-state index is 12.7. The van der Waals surface area contributed by atoms with Gasteiger partial charge in [-0.2, -0.15) is 0 Å². The van der Waals surface area contributed by atoms with Gasteiger partial charge in [0, 0.05) is 26.7 Å². The van der Waals surface area contributed by atoms with Crippen LogP contribution in [0.1, 0.15) is 31.1 Å². The molecular weight excluding hydrogens is 504 g/mol. The third-order valence-corrected chi connectivity index (χ3v) is 6.12. The first-order valence-corrected chi connectivity index (χ1v) is 12.5. The van der Waals surface area contributed by atoms with Gasteiger partial charge < -0.3 is 24.4 Å². The molecule has 0 unspecified atom stereocenters. The largest absolute Gasteiger partial charge is 0.414 e. The average molecular weight is 536 g/mol. The molecule has 4 amide bonds. The minimum atomic E-state index is -0.510. The summed E-state index contributed by atoms with van der Waals surface area (Å²) < 4.78 is 18.3. The normalized spacial score (nSPS) is 12.5. The van der Waals surface area contributed by atoms with Gasteiger partial charge in [0.2, 0.25) is 5.52 Å². The molecule has 2 heterocycles. The van der Waals surface area contributed by atoms with Crippen molar-refractivity contribution in [2.45, 2.75) is 0 Å².